The molecule has 1 aromatic carbocycles. The molecule has 4 rings (SSSR count). The highest BCUT2D eigenvalue weighted by atomic mass is 32.2. The fourth-order valence-electron chi connectivity index (χ4n) is 7.83. The second-order valence-corrected chi connectivity index (χ2v) is 19.0. The Labute approximate surface area is 291 Å². The van der Waals surface area contributed by atoms with E-state index in [1.807, 2.05) is 33.8 Å². The molecule has 5 amide bonds. The van der Waals surface area contributed by atoms with Crippen molar-refractivity contribution < 1.29 is 32.4 Å². The monoisotopic (exact) mass is 701 g/mol. The number of hydrogen-bond acceptors (Lipinski definition) is 7. The Morgan fingerprint density at radius 1 is 1.00 bits per heavy atom. The average Bonchev–Trinajstić information content (AvgIpc) is 3.80. The van der Waals surface area contributed by atoms with Gasteiger partial charge in [-0.1, -0.05) is 91.6 Å². The van der Waals surface area contributed by atoms with Crippen molar-refractivity contribution in [3.63, 3.8) is 0 Å². The molecule has 12 nitrogen and oxygen atoms in total. The molecular formula is C36H55N5O7S. The van der Waals surface area contributed by atoms with Gasteiger partial charge in [-0.15, -0.1) is 0 Å². The number of hydrogen-bond donors (Lipinski definition) is 4. The van der Waals surface area contributed by atoms with Gasteiger partial charge < -0.3 is 26.6 Å². The summed E-state index contributed by atoms with van der Waals surface area (Å²) in [5.41, 5.74) is 3.81. The molecule has 4 unspecified atom stereocenters. The highest BCUT2D eigenvalue weighted by Gasteiger charge is 2.70. The SMILES string of the molecule is CC(C)CC(C)(CS(=O)(=O)Cc1ccccc1)NC(=O)N[C@H](C(=O)N1CC2C([C@H]1C(=O)NC(CC1CC1)C(=O)C(N)=O)C2(C)C)C(C)(C)C. The molecular weight excluding hydrogens is 646 g/mol. The summed E-state index contributed by atoms with van der Waals surface area (Å²) in [5.74, 6) is -3.25. The topological polar surface area (TPSA) is 185 Å². The summed E-state index contributed by atoms with van der Waals surface area (Å²) >= 11 is 0. The minimum absolute atomic E-state index is 0.0412. The van der Waals surface area contributed by atoms with Gasteiger partial charge in [-0.05, 0) is 59.8 Å². The van der Waals surface area contributed by atoms with E-state index in [2.05, 4.69) is 16.0 Å². The number of Topliss-reactive ketones (excluding diaryl/α,β-unsaturated/α-hetero) is 1. The van der Waals surface area contributed by atoms with E-state index >= 15 is 0 Å². The van der Waals surface area contributed by atoms with E-state index < -0.39 is 68.5 Å². The van der Waals surface area contributed by atoms with Gasteiger partial charge in [-0.3, -0.25) is 19.2 Å². The first-order chi connectivity index (χ1) is 22.5. The first-order valence-corrected chi connectivity index (χ1v) is 19.1. The summed E-state index contributed by atoms with van der Waals surface area (Å²) in [6.07, 6.45) is 2.50. The molecule has 3 fully saturated rings. The third-order valence-corrected chi connectivity index (χ3v) is 12.2. The lowest BCUT2D eigenvalue weighted by molar-refractivity contribution is -0.145. The predicted molar refractivity (Wildman–Crippen MR) is 186 cm³/mol. The lowest BCUT2D eigenvalue weighted by atomic mass is 9.85. The molecule has 13 heteroatoms. The number of carbonyl (C=O) groups excluding carboxylic acids is 5. The number of nitrogens with one attached hydrogen (secondary N) is 3. The highest BCUT2D eigenvalue weighted by molar-refractivity contribution is 7.90. The fourth-order valence-corrected chi connectivity index (χ4v) is 9.79. The van der Waals surface area contributed by atoms with Crippen LogP contribution in [0.25, 0.3) is 0 Å². The van der Waals surface area contributed by atoms with Crippen molar-refractivity contribution in [3.8, 4) is 0 Å². The van der Waals surface area contributed by atoms with Crippen LogP contribution >= 0.6 is 0 Å². The molecule has 0 radical (unpaired) electrons. The number of fused-ring (bicyclic) bond motifs is 1. The molecule has 0 aromatic heterocycles. The zero-order valence-corrected chi connectivity index (χ0v) is 31.0. The maximum Gasteiger partial charge on any atom is 0.315 e. The van der Waals surface area contributed by atoms with Gasteiger partial charge in [-0.25, -0.2) is 13.2 Å². The zero-order valence-electron chi connectivity index (χ0n) is 30.2. The Morgan fingerprint density at radius 2 is 1.61 bits per heavy atom. The average molecular weight is 702 g/mol. The van der Waals surface area contributed by atoms with E-state index in [-0.39, 0.29) is 40.6 Å². The van der Waals surface area contributed by atoms with Crippen LogP contribution in [0, 0.1) is 34.5 Å². The molecule has 2 aliphatic carbocycles. The summed E-state index contributed by atoms with van der Waals surface area (Å²) in [7, 11) is -3.64. The van der Waals surface area contributed by atoms with E-state index in [1.165, 1.54) is 4.90 Å². The van der Waals surface area contributed by atoms with Crippen LogP contribution in [0.3, 0.4) is 0 Å². The molecule has 3 aliphatic rings. The van der Waals surface area contributed by atoms with Crippen molar-refractivity contribution in [1.82, 2.24) is 20.9 Å². The van der Waals surface area contributed by atoms with Gasteiger partial charge >= 0.3 is 6.03 Å². The summed E-state index contributed by atoms with van der Waals surface area (Å²) in [6, 6.07) is 5.15. The third kappa shape index (κ3) is 9.40. The summed E-state index contributed by atoms with van der Waals surface area (Å²) < 4.78 is 26.7. The minimum Gasteiger partial charge on any atom is -0.363 e. The van der Waals surface area contributed by atoms with Crippen LogP contribution < -0.4 is 21.7 Å². The first kappa shape index (κ1) is 38.3. The van der Waals surface area contributed by atoms with Crippen LogP contribution in [0.2, 0.25) is 0 Å². The molecule has 1 aliphatic heterocycles. The standard InChI is InChI=1S/C36H55N5O7S/c1-21(2)17-36(8,20-49(47,48)19-23-12-10-9-11-13-23)40-33(46)39-29(34(3,4)5)32(45)41-18-24-26(35(24,6)7)27(41)31(44)38-25(16-22-14-15-22)28(42)30(37)43/h9-13,21-22,24-27,29H,14-20H2,1-8H3,(H2,37,43)(H,38,44)(H2,39,40,46)/t24?,25?,26?,27-,29+,36?/m0/s1. The van der Waals surface area contributed by atoms with Crippen molar-refractivity contribution >= 4 is 39.4 Å². The van der Waals surface area contributed by atoms with Crippen molar-refractivity contribution in [1.29, 1.82) is 0 Å². The number of benzene rings is 1. The number of piperidine rings is 1. The molecule has 272 valence electrons. The molecule has 6 atom stereocenters. The molecule has 2 saturated carbocycles. The predicted octanol–water partition coefficient (Wildman–Crippen LogP) is 2.94. The molecule has 49 heavy (non-hydrogen) atoms. The molecule has 1 heterocycles. The lowest BCUT2D eigenvalue weighted by Crippen LogP contribution is -2.63. The Bertz CT molecular complexity index is 1550. The molecule has 1 saturated heterocycles. The molecule has 1 aromatic rings. The number of sulfone groups is 1. The Balaban J connectivity index is 1.53. The quantitative estimate of drug-likeness (QED) is 0.203. The smallest absolute Gasteiger partial charge is 0.315 e. The Morgan fingerprint density at radius 3 is 2.14 bits per heavy atom. The largest absolute Gasteiger partial charge is 0.363 e. The van der Waals surface area contributed by atoms with Crippen molar-refractivity contribution in [2.75, 3.05) is 12.3 Å². The molecule has 5 N–H and O–H groups in total. The maximum atomic E-state index is 14.4. The number of nitrogens with zero attached hydrogens (tertiary/aromatic N) is 1. The second-order valence-electron chi connectivity index (χ2n) is 16.9. The highest BCUT2D eigenvalue weighted by Crippen LogP contribution is 2.65. The number of amides is 5. The minimum atomic E-state index is -3.64. The summed E-state index contributed by atoms with van der Waals surface area (Å²) in [4.78, 5) is 67.9. The first-order valence-electron chi connectivity index (χ1n) is 17.3. The van der Waals surface area contributed by atoms with Crippen LogP contribution in [0.15, 0.2) is 30.3 Å². The van der Waals surface area contributed by atoms with Gasteiger partial charge in [-0.2, -0.15) is 0 Å². The summed E-state index contributed by atoms with van der Waals surface area (Å²) in [5, 5.41) is 8.48. The van der Waals surface area contributed by atoms with Crippen LogP contribution in [0.1, 0.15) is 86.6 Å². The Kier molecular flexibility index (Phi) is 11.0. The van der Waals surface area contributed by atoms with E-state index in [4.69, 9.17) is 5.73 Å². The van der Waals surface area contributed by atoms with E-state index in [0.29, 0.717) is 24.9 Å². The zero-order chi connectivity index (χ0) is 36.7. The Hall–Kier alpha value is -3.48. The van der Waals surface area contributed by atoms with Gasteiger partial charge in [0, 0.05) is 6.54 Å². The number of carbonyl (C=O) groups is 5. The van der Waals surface area contributed by atoms with Crippen molar-refractivity contribution in [2.24, 2.45) is 40.2 Å². The van der Waals surface area contributed by atoms with Gasteiger partial charge in [0.25, 0.3) is 5.91 Å². The number of urea groups is 1. The fraction of sp³-hybridized carbons (Fsp3) is 0.694. The van der Waals surface area contributed by atoms with Crippen LogP contribution in [-0.2, 0) is 34.8 Å². The van der Waals surface area contributed by atoms with Crippen molar-refractivity contribution in [3.05, 3.63) is 35.9 Å². The number of ketones is 1. The van der Waals surface area contributed by atoms with Crippen molar-refractivity contribution in [2.45, 2.75) is 110 Å². The van der Waals surface area contributed by atoms with E-state index in [9.17, 15) is 32.4 Å². The van der Waals surface area contributed by atoms with Crippen LogP contribution in [0.4, 0.5) is 4.79 Å². The van der Waals surface area contributed by atoms with Gasteiger partial charge in [0.1, 0.15) is 12.1 Å². The summed E-state index contributed by atoms with van der Waals surface area (Å²) in [6.45, 7) is 15.4. The van der Waals surface area contributed by atoms with Gasteiger partial charge in [0.2, 0.25) is 17.6 Å². The normalized spacial score (nSPS) is 23.9. The van der Waals surface area contributed by atoms with Gasteiger partial charge in [0.15, 0.2) is 9.84 Å². The number of primary amides is 1. The number of likely N-dealkylation sites (tertiary alicyclic amines) is 1. The van der Waals surface area contributed by atoms with Crippen LogP contribution in [0.5, 0.6) is 0 Å². The molecule has 0 bridgehead atoms. The maximum absolute atomic E-state index is 14.4. The number of nitrogens with two attached hydrogens (primary N) is 1. The second kappa shape index (κ2) is 14.0. The molecule has 0 spiro atoms. The van der Waals surface area contributed by atoms with Gasteiger partial charge in [0.05, 0.1) is 23.1 Å². The number of rotatable bonds is 15. The van der Waals surface area contributed by atoms with E-state index in [1.54, 1.807) is 52.0 Å². The van der Waals surface area contributed by atoms with E-state index in [0.717, 1.165) is 12.8 Å². The third-order valence-electron chi connectivity index (χ3n) is 10.3. The van der Waals surface area contributed by atoms with Crippen LogP contribution in [-0.4, -0.2) is 78.8 Å². The lowest BCUT2D eigenvalue weighted by Gasteiger charge is -2.39.